The normalized spacial score (nSPS) is 13.1. The molecule has 2 aromatic rings. The standard InChI is InChI=1S/C14H18BrN5O.ClH/c1-9(10(2)16)13(21)18-14-17-8-20(19-14)7-11-4-3-5-12(15)6-11;/h3-6,8-10H,7,16H2,1-2H3,(H,18,19,21);1H. The van der Waals surface area contributed by atoms with Crippen LogP contribution in [-0.2, 0) is 11.3 Å². The Bertz CT molecular complexity index is 631. The number of nitrogens with two attached hydrogens (primary N) is 1. The van der Waals surface area contributed by atoms with Crippen molar-refractivity contribution in [3.63, 3.8) is 0 Å². The molecule has 1 aromatic heterocycles. The van der Waals surface area contributed by atoms with E-state index in [0.29, 0.717) is 12.5 Å². The van der Waals surface area contributed by atoms with Crippen molar-refractivity contribution in [2.75, 3.05) is 5.32 Å². The van der Waals surface area contributed by atoms with E-state index in [4.69, 9.17) is 5.73 Å². The number of halogens is 2. The van der Waals surface area contributed by atoms with Crippen molar-refractivity contribution >= 4 is 40.2 Å². The highest BCUT2D eigenvalue weighted by atomic mass is 79.9. The first-order valence-electron chi connectivity index (χ1n) is 6.66. The Labute approximate surface area is 144 Å². The smallest absolute Gasteiger partial charge is 0.248 e. The Kier molecular flexibility index (Phi) is 6.99. The van der Waals surface area contributed by atoms with Gasteiger partial charge >= 0.3 is 0 Å². The molecule has 0 bridgehead atoms. The number of nitrogens with zero attached hydrogens (tertiary/aromatic N) is 3. The summed E-state index contributed by atoms with van der Waals surface area (Å²) in [5.74, 6) is -0.172. The molecule has 0 aliphatic carbocycles. The summed E-state index contributed by atoms with van der Waals surface area (Å²) in [6, 6.07) is 7.73. The third kappa shape index (κ3) is 5.08. The van der Waals surface area contributed by atoms with Crippen LogP contribution in [0.5, 0.6) is 0 Å². The van der Waals surface area contributed by atoms with Crippen LogP contribution in [0.3, 0.4) is 0 Å². The fourth-order valence-electron chi connectivity index (χ4n) is 1.71. The largest absolute Gasteiger partial charge is 0.327 e. The van der Waals surface area contributed by atoms with Crippen molar-refractivity contribution < 1.29 is 4.79 Å². The van der Waals surface area contributed by atoms with Gasteiger partial charge < -0.3 is 5.73 Å². The van der Waals surface area contributed by atoms with Gasteiger partial charge in [0.25, 0.3) is 0 Å². The van der Waals surface area contributed by atoms with Crippen LogP contribution in [0.15, 0.2) is 35.1 Å². The molecule has 0 saturated carbocycles. The zero-order valence-electron chi connectivity index (χ0n) is 12.4. The second kappa shape index (κ2) is 8.26. The third-order valence-corrected chi connectivity index (χ3v) is 3.70. The van der Waals surface area contributed by atoms with E-state index in [9.17, 15) is 4.79 Å². The van der Waals surface area contributed by atoms with Gasteiger partial charge in [0.2, 0.25) is 11.9 Å². The highest BCUT2D eigenvalue weighted by molar-refractivity contribution is 9.10. The minimum atomic E-state index is -0.290. The number of anilines is 1. The van der Waals surface area contributed by atoms with Gasteiger partial charge in [0.05, 0.1) is 12.5 Å². The number of carbonyl (C=O) groups is 1. The molecule has 1 amide bonds. The number of carbonyl (C=O) groups excluding carboxylic acids is 1. The van der Waals surface area contributed by atoms with E-state index in [1.54, 1.807) is 24.9 Å². The Morgan fingerprint density at radius 1 is 1.45 bits per heavy atom. The van der Waals surface area contributed by atoms with Gasteiger partial charge in [-0.1, -0.05) is 35.0 Å². The van der Waals surface area contributed by atoms with Crippen molar-refractivity contribution in [3.05, 3.63) is 40.6 Å². The number of hydrogen-bond acceptors (Lipinski definition) is 4. The molecule has 0 spiro atoms. The minimum Gasteiger partial charge on any atom is -0.327 e. The minimum absolute atomic E-state index is 0. The van der Waals surface area contributed by atoms with E-state index in [1.165, 1.54) is 0 Å². The second-order valence-corrected chi connectivity index (χ2v) is 5.95. The van der Waals surface area contributed by atoms with E-state index in [0.717, 1.165) is 10.0 Å². The van der Waals surface area contributed by atoms with Crippen LogP contribution in [0.1, 0.15) is 19.4 Å². The van der Waals surface area contributed by atoms with E-state index in [-0.39, 0.29) is 30.3 Å². The molecule has 22 heavy (non-hydrogen) atoms. The van der Waals surface area contributed by atoms with Crippen molar-refractivity contribution in [2.24, 2.45) is 11.7 Å². The Hall–Kier alpha value is -1.44. The maximum absolute atomic E-state index is 11.9. The molecule has 8 heteroatoms. The van der Waals surface area contributed by atoms with Crippen LogP contribution in [0.25, 0.3) is 0 Å². The van der Waals surface area contributed by atoms with Crippen LogP contribution in [0.2, 0.25) is 0 Å². The summed E-state index contributed by atoms with van der Waals surface area (Å²) < 4.78 is 2.69. The van der Waals surface area contributed by atoms with Gasteiger partial charge in [0.1, 0.15) is 6.33 Å². The summed E-state index contributed by atoms with van der Waals surface area (Å²) in [5, 5.41) is 6.90. The maximum Gasteiger partial charge on any atom is 0.248 e. The van der Waals surface area contributed by atoms with Crippen LogP contribution in [0, 0.1) is 5.92 Å². The predicted octanol–water partition coefficient (Wildman–Crippen LogP) is 2.43. The molecule has 1 heterocycles. The molecule has 0 fully saturated rings. The van der Waals surface area contributed by atoms with Crippen LogP contribution < -0.4 is 11.1 Å². The Balaban J connectivity index is 0.00000242. The van der Waals surface area contributed by atoms with Crippen LogP contribution >= 0.6 is 28.3 Å². The lowest BCUT2D eigenvalue weighted by Gasteiger charge is -2.13. The summed E-state index contributed by atoms with van der Waals surface area (Å²) >= 11 is 3.43. The fourth-order valence-corrected chi connectivity index (χ4v) is 2.16. The SMILES string of the molecule is CC(N)C(C)C(=O)Nc1ncn(Cc2cccc(Br)c2)n1.Cl. The summed E-state index contributed by atoms with van der Waals surface area (Å²) in [6.07, 6.45) is 1.59. The molecular formula is C14H19BrClN5O. The zero-order valence-corrected chi connectivity index (χ0v) is 14.8. The maximum atomic E-state index is 11.9. The summed E-state index contributed by atoms with van der Waals surface area (Å²) in [6.45, 7) is 4.16. The van der Waals surface area contributed by atoms with Crippen molar-refractivity contribution in [1.82, 2.24) is 14.8 Å². The summed E-state index contributed by atoms with van der Waals surface area (Å²) in [7, 11) is 0. The lowest BCUT2D eigenvalue weighted by atomic mass is 10.0. The molecule has 3 N–H and O–H groups in total. The quantitative estimate of drug-likeness (QED) is 0.823. The molecule has 0 saturated heterocycles. The molecule has 6 nitrogen and oxygen atoms in total. The molecule has 2 rings (SSSR count). The third-order valence-electron chi connectivity index (χ3n) is 3.21. The lowest BCUT2D eigenvalue weighted by Crippen LogP contribution is -2.34. The topological polar surface area (TPSA) is 85.8 Å². The van der Waals surface area contributed by atoms with Gasteiger partial charge in [-0.25, -0.2) is 9.67 Å². The molecule has 0 aliphatic rings. The zero-order chi connectivity index (χ0) is 15.4. The molecule has 2 unspecified atom stereocenters. The first-order chi connectivity index (χ1) is 9.95. The van der Waals surface area contributed by atoms with Crippen molar-refractivity contribution in [3.8, 4) is 0 Å². The summed E-state index contributed by atoms with van der Waals surface area (Å²) in [5.41, 5.74) is 6.79. The fraction of sp³-hybridized carbons (Fsp3) is 0.357. The van der Waals surface area contributed by atoms with E-state index in [2.05, 4.69) is 31.3 Å². The molecule has 0 aliphatic heterocycles. The second-order valence-electron chi connectivity index (χ2n) is 5.03. The highest BCUT2D eigenvalue weighted by Crippen LogP contribution is 2.13. The number of benzene rings is 1. The van der Waals surface area contributed by atoms with Crippen LogP contribution in [-0.4, -0.2) is 26.7 Å². The lowest BCUT2D eigenvalue weighted by molar-refractivity contribution is -0.119. The van der Waals surface area contributed by atoms with Gasteiger partial charge in [-0.2, -0.15) is 0 Å². The van der Waals surface area contributed by atoms with Gasteiger partial charge in [0.15, 0.2) is 0 Å². The number of amides is 1. The van der Waals surface area contributed by atoms with E-state index < -0.39 is 0 Å². The highest BCUT2D eigenvalue weighted by Gasteiger charge is 2.18. The molecule has 2 atom stereocenters. The monoisotopic (exact) mass is 387 g/mol. The first kappa shape index (κ1) is 18.6. The first-order valence-corrected chi connectivity index (χ1v) is 7.45. The van der Waals surface area contributed by atoms with Crippen LogP contribution in [0.4, 0.5) is 5.95 Å². The van der Waals surface area contributed by atoms with E-state index in [1.807, 2.05) is 24.3 Å². The Morgan fingerprint density at radius 2 is 2.18 bits per heavy atom. The van der Waals surface area contributed by atoms with Gasteiger partial charge in [-0.05, 0) is 24.6 Å². The average molecular weight is 389 g/mol. The molecule has 0 radical (unpaired) electrons. The number of aromatic nitrogens is 3. The summed E-state index contributed by atoms with van der Waals surface area (Å²) in [4.78, 5) is 16.0. The van der Waals surface area contributed by atoms with Gasteiger partial charge in [0, 0.05) is 10.5 Å². The number of hydrogen-bond donors (Lipinski definition) is 2. The van der Waals surface area contributed by atoms with Gasteiger partial charge in [-0.3, -0.25) is 10.1 Å². The predicted molar refractivity (Wildman–Crippen MR) is 92.0 cm³/mol. The Morgan fingerprint density at radius 3 is 2.82 bits per heavy atom. The number of nitrogens with one attached hydrogen (secondary N) is 1. The molecular weight excluding hydrogens is 370 g/mol. The van der Waals surface area contributed by atoms with Gasteiger partial charge in [-0.15, -0.1) is 17.5 Å². The average Bonchev–Trinajstić information content (AvgIpc) is 2.84. The van der Waals surface area contributed by atoms with E-state index >= 15 is 0 Å². The van der Waals surface area contributed by atoms with Crippen molar-refractivity contribution in [2.45, 2.75) is 26.4 Å². The molecule has 1 aromatic carbocycles. The van der Waals surface area contributed by atoms with Crippen molar-refractivity contribution in [1.29, 1.82) is 0 Å². The molecule has 120 valence electrons. The number of rotatable bonds is 5.